The fourth-order valence-electron chi connectivity index (χ4n) is 3.79. The van der Waals surface area contributed by atoms with Crippen LogP contribution in [-0.2, 0) is 11.2 Å². The minimum atomic E-state index is -0.800. The van der Waals surface area contributed by atoms with E-state index in [1.807, 2.05) is 48.5 Å². The number of nitrogens with two attached hydrogens (primary N) is 1. The van der Waals surface area contributed by atoms with Crippen LogP contribution in [0.3, 0.4) is 0 Å². The highest BCUT2D eigenvalue weighted by Crippen LogP contribution is 2.28. The average Bonchev–Trinajstić information content (AvgIpc) is 3.28. The van der Waals surface area contributed by atoms with Gasteiger partial charge in [0.15, 0.2) is 5.82 Å². The monoisotopic (exact) mass is 419 g/mol. The van der Waals surface area contributed by atoms with E-state index in [-0.39, 0.29) is 18.2 Å². The molecule has 0 amide bonds. The maximum absolute atomic E-state index is 10.7. The van der Waals surface area contributed by atoms with Gasteiger partial charge in [0.25, 0.3) is 0 Å². The predicted molar refractivity (Wildman–Crippen MR) is 117 cm³/mol. The zero-order valence-corrected chi connectivity index (χ0v) is 17.1. The molecule has 1 aromatic heterocycles. The summed E-state index contributed by atoms with van der Waals surface area (Å²) in [6, 6.07) is 15.3. The number of carboxylic acids is 1. The lowest BCUT2D eigenvalue weighted by molar-refractivity contribution is -0.136. The molecule has 0 atom stereocenters. The van der Waals surface area contributed by atoms with Crippen molar-refractivity contribution in [1.29, 1.82) is 5.41 Å². The Morgan fingerprint density at radius 2 is 1.71 bits per heavy atom. The number of rotatable bonds is 7. The molecule has 0 saturated carbocycles. The molecule has 31 heavy (non-hydrogen) atoms. The van der Waals surface area contributed by atoms with Crippen LogP contribution in [0.5, 0.6) is 0 Å². The summed E-state index contributed by atoms with van der Waals surface area (Å²) in [4.78, 5) is 14.6. The zero-order chi connectivity index (χ0) is 21.8. The van der Waals surface area contributed by atoms with Crippen LogP contribution in [0.25, 0.3) is 5.69 Å². The first-order valence-corrected chi connectivity index (χ1v) is 10.3. The molecule has 4 N–H and O–H groups in total. The van der Waals surface area contributed by atoms with Gasteiger partial charge in [-0.1, -0.05) is 12.1 Å². The number of piperidine rings is 1. The van der Waals surface area contributed by atoms with Gasteiger partial charge in [-0.15, -0.1) is 15.0 Å². The van der Waals surface area contributed by atoms with Gasteiger partial charge in [0.05, 0.1) is 5.69 Å². The van der Waals surface area contributed by atoms with E-state index in [1.165, 1.54) is 4.80 Å². The van der Waals surface area contributed by atoms with Crippen molar-refractivity contribution in [1.82, 2.24) is 20.2 Å². The van der Waals surface area contributed by atoms with E-state index >= 15 is 0 Å². The maximum Gasteiger partial charge on any atom is 0.303 e. The highest BCUT2D eigenvalue weighted by Gasteiger charge is 2.24. The second-order valence-electron chi connectivity index (χ2n) is 7.72. The Balaban J connectivity index is 1.36. The van der Waals surface area contributed by atoms with Gasteiger partial charge in [-0.25, -0.2) is 0 Å². The molecule has 1 saturated heterocycles. The number of benzene rings is 2. The van der Waals surface area contributed by atoms with Crippen LogP contribution in [0.4, 0.5) is 5.69 Å². The number of aliphatic carboxylic acids is 1. The lowest BCUT2D eigenvalue weighted by atomic mass is 9.96. The molecule has 0 bridgehead atoms. The molecule has 4 rings (SSSR count). The summed E-state index contributed by atoms with van der Waals surface area (Å²) < 4.78 is 0. The Kier molecular flexibility index (Phi) is 5.92. The number of carboxylic acid groups (broad SMARTS) is 1. The summed E-state index contributed by atoms with van der Waals surface area (Å²) >= 11 is 0. The summed E-state index contributed by atoms with van der Waals surface area (Å²) in [5.41, 5.74) is 9.16. The average molecular weight is 419 g/mol. The third-order valence-corrected chi connectivity index (χ3v) is 5.63. The Bertz CT molecular complexity index is 1050. The molecule has 160 valence electrons. The number of nitrogens with one attached hydrogen (secondary N) is 1. The van der Waals surface area contributed by atoms with Crippen molar-refractivity contribution < 1.29 is 9.90 Å². The molecule has 9 nitrogen and oxygen atoms in total. The smallest absolute Gasteiger partial charge is 0.303 e. The predicted octanol–water partition coefficient (Wildman–Crippen LogP) is 2.35. The van der Waals surface area contributed by atoms with Crippen LogP contribution in [0.2, 0.25) is 0 Å². The Labute approximate surface area is 180 Å². The molecule has 1 fully saturated rings. The molecule has 0 unspecified atom stereocenters. The maximum atomic E-state index is 10.7. The molecular weight excluding hydrogens is 394 g/mol. The van der Waals surface area contributed by atoms with E-state index in [4.69, 9.17) is 16.2 Å². The third kappa shape index (κ3) is 4.88. The van der Waals surface area contributed by atoms with E-state index in [1.54, 1.807) is 0 Å². The summed E-state index contributed by atoms with van der Waals surface area (Å²) in [6.45, 7) is 1.80. The van der Waals surface area contributed by atoms with Crippen molar-refractivity contribution in [3.05, 3.63) is 65.5 Å². The number of hydrogen-bond donors (Lipinski definition) is 3. The zero-order valence-electron chi connectivity index (χ0n) is 17.1. The number of aryl methyl sites for hydroxylation is 1. The van der Waals surface area contributed by atoms with Gasteiger partial charge in [0.1, 0.15) is 5.84 Å². The quantitative estimate of drug-likeness (QED) is 0.395. The lowest BCUT2D eigenvalue weighted by Gasteiger charge is -2.32. The number of nitrogens with zero attached hydrogens (tertiary/aromatic N) is 5. The number of carbonyl (C=O) groups is 1. The number of nitrogen functional groups attached to an aromatic ring is 1. The number of aromatic nitrogens is 4. The normalized spacial score (nSPS) is 14.5. The molecule has 2 aromatic carbocycles. The first kappa shape index (κ1) is 20.5. The molecule has 1 aliphatic heterocycles. The largest absolute Gasteiger partial charge is 0.481 e. The van der Waals surface area contributed by atoms with Gasteiger partial charge in [0, 0.05) is 36.7 Å². The van der Waals surface area contributed by atoms with E-state index in [0.717, 1.165) is 54.3 Å². The van der Waals surface area contributed by atoms with Gasteiger partial charge < -0.3 is 15.7 Å². The standard InChI is InChI=1S/C22H25N7O2/c23-21(24)16-4-8-18(9-5-16)28-13-11-17(12-14-28)22-25-27-29(26-22)19-6-1-15(2-7-19)3-10-20(30)31/h1-2,4-9,17H,3,10-14H2,(H3,23,24)(H,30,31). The van der Waals surface area contributed by atoms with Crippen molar-refractivity contribution in [2.75, 3.05) is 18.0 Å². The van der Waals surface area contributed by atoms with Gasteiger partial charge in [-0.05, 0) is 66.4 Å². The van der Waals surface area contributed by atoms with Crippen LogP contribution >= 0.6 is 0 Å². The lowest BCUT2D eigenvalue weighted by Crippen LogP contribution is -2.33. The fourth-order valence-corrected chi connectivity index (χ4v) is 3.79. The van der Waals surface area contributed by atoms with Crippen molar-refractivity contribution in [2.24, 2.45) is 5.73 Å². The van der Waals surface area contributed by atoms with Crippen LogP contribution in [-0.4, -0.2) is 50.2 Å². The van der Waals surface area contributed by atoms with Crippen molar-refractivity contribution in [3.8, 4) is 5.69 Å². The second kappa shape index (κ2) is 8.95. The minimum Gasteiger partial charge on any atom is -0.481 e. The van der Waals surface area contributed by atoms with Crippen molar-refractivity contribution in [3.63, 3.8) is 0 Å². The summed E-state index contributed by atoms with van der Waals surface area (Å²) in [6.07, 6.45) is 2.49. The van der Waals surface area contributed by atoms with Crippen LogP contribution < -0.4 is 10.6 Å². The summed E-state index contributed by atoms with van der Waals surface area (Å²) in [5.74, 6) is 0.290. The molecular formula is C22H25N7O2. The molecule has 2 heterocycles. The SMILES string of the molecule is N=C(N)c1ccc(N2CCC(c3nnn(-c4ccc(CCC(=O)O)cc4)n3)CC2)cc1. The first-order chi connectivity index (χ1) is 15.0. The molecule has 3 aromatic rings. The molecule has 0 spiro atoms. The van der Waals surface area contributed by atoms with Gasteiger partial charge in [0.2, 0.25) is 0 Å². The topological polar surface area (TPSA) is 134 Å². The van der Waals surface area contributed by atoms with Gasteiger partial charge >= 0.3 is 5.97 Å². The van der Waals surface area contributed by atoms with E-state index in [2.05, 4.69) is 20.3 Å². The van der Waals surface area contributed by atoms with E-state index < -0.39 is 5.97 Å². The number of tetrazole rings is 1. The van der Waals surface area contributed by atoms with E-state index in [9.17, 15) is 4.79 Å². The number of hydrogen-bond acceptors (Lipinski definition) is 6. The second-order valence-corrected chi connectivity index (χ2v) is 7.72. The Morgan fingerprint density at radius 3 is 2.32 bits per heavy atom. The third-order valence-electron chi connectivity index (χ3n) is 5.63. The summed E-state index contributed by atoms with van der Waals surface area (Å²) in [5, 5.41) is 29.4. The molecule has 0 aliphatic carbocycles. The van der Waals surface area contributed by atoms with Crippen LogP contribution in [0.15, 0.2) is 48.5 Å². The molecule has 1 aliphatic rings. The number of amidine groups is 1. The molecule has 0 radical (unpaired) electrons. The molecule has 9 heteroatoms. The van der Waals surface area contributed by atoms with Gasteiger partial charge in [-0.2, -0.15) is 0 Å². The van der Waals surface area contributed by atoms with Crippen LogP contribution in [0.1, 0.15) is 42.1 Å². The highest BCUT2D eigenvalue weighted by atomic mass is 16.4. The number of anilines is 1. The van der Waals surface area contributed by atoms with E-state index in [0.29, 0.717) is 6.42 Å². The van der Waals surface area contributed by atoms with Gasteiger partial charge in [-0.3, -0.25) is 10.2 Å². The Hall–Kier alpha value is -3.75. The van der Waals surface area contributed by atoms with Crippen molar-refractivity contribution >= 4 is 17.5 Å². The first-order valence-electron chi connectivity index (χ1n) is 10.3. The Morgan fingerprint density at radius 1 is 1.06 bits per heavy atom. The van der Waals surface area contributed by atoms with Crippen LogP contribution in [0, 0.1) is 5.41 Å². The summed E-state index contributed by atoms with van der Waals surface area (Å²) in [7, 11) is 0. The highest BCUT2D eigenvalue weighted by molar-refractivity contribution is 5.95. The minimum absolute atomic E-state index is 0.0781. The van der Waals surface area contributed by atoms with Crippen molar-refractivity contribution in [2.45, 2.75) is 31.6 Å². The fraction of sp³-hybridized carbons (Fsp3) is 0.318.